The van der Waals surface area contributed by atoms with Crippen LogP contribution in [0.3, 0.4) is 0 Å². The Morgan fingerprint density at radius 2 is 2.33 bits per heavy atom. The van der Waals surface area contributed by atoms with Gasteiger partial charge in [0, 0.05) is 12.6 Å². The number of aliphatic hydroxyl groups is 1. The third-order valence-electron chi connectivity index (χ3n) is 2.65. The Bertz CT molecular complexity index is 138. The molecule has 1 saturated heterocycles. The summed E-state index contributed by atoms with van der Waals surface area (Å²) in [5, 5.41) is 9.22. The number of likely N-dealkylation sites (tertiary alicyclic amines) is 1. The highest BCUT2D eigenvalue weighted by Gasteiger charge is 2.25. The van der Waals surface area contributed by atoms with E-state index in [1.165, 1.54) is 0 Å². The van der Waals surface area contributed by atoms with Gasteiger partial charge in [0.05, 0.1) is 6.10 Å². The van der Waals surface area contributed by atoms with Crippen molar-refractivity contribution in [2.45, 2.75) is 31.9 Å². The van der Waals surface area contributed by atoms with E-state index < -0.39 is 0 Å². The van der Waals surface area contributed by atoms with Crippen molar-refractivity contribution < 1.29 is 5.11 Å². The second kappa shape index (κ2) is 4.21. The molecule has 0 spiro atoms. The van der Waals surface area contributed by atoms with E-state index in [4.69, 9.17) is 5.73 Å². The van der Waals surface area contributed by atoms with Gasteiger partial charge in [-0.25, -0.2) is 0 Å². The van der Waals surface area contributed by atoms with E-state index in [1.807, 2.05) is 6.92 Å². The molecule has 0 aliphatic carbocycles. The lowest BCUT2D eigenvalue weighted by Crippen LogP contribution is -2.47. The minimum atomic E-state index is -0.204. The van der Waals surface area contributed by atoms with Gasteiger partial charge in [-0.15, -0.1) is 0 Å². The number of rotatable bonds is 2. The molecule has 1 aliphatic rings. The summed E-state index contributed by atoms with van der Waals surface area (Å²) in [5.74, 6) is 0.515. The van der Waals surface area contributed by atoms with Crippen molar-refractivity contribution in [3.63, 3.8) is 0 Å². The number of aliphatic hydroxyl groups excluding tert-OH is 1. The Hall–Kier alpha value is -0.120. The molecule has 0 radical (unpaired) electrons. The topological polar surface area (TPSA) is 49.5 Å². The summed E-state index contributed by atoms with van der Waals surface area (Å²) in [7, 11) is 2.10. The maximum atomic E-state index is 9.22. The van der Waals surface area contributed by atoms with Crippen LogP contribution in [0.15, 0.2) is 0 Å². The quantitative estimate of drug-likeness (QED) is 0.618. The van der Waals surface area contributed by atoms with Gasteiger partial charge in [-0.2, -0.15) is 0 Å². The molecule has 0 bridgehead atoms. The average Bonchev–Trinajstić information content (AvgIpc) is 1.94. The summed E-state index contributed by atoms with van der Waals surface area (Å²) in [5.41, 5.74) is 5.96. The van der Waals surface area contributed by atoms with Crippen molar-refractivity contribution in [2.75, 3.05) is 20.1 Å². The molecule has 3 atom stereocenters. The third-order valence-corrected chi connectivity index (χ3v) is 2.65. The van der Waals surface area contributed by atoms with Crippen LogP contribution >= 0.6 is 0 Å². The molecule has 0 saturated carbocycles. The molecule has 12 heavy (non-hydrogen) atoms. The van der Waals surface area contributed by atoms with Crippen molar-refractivity contribution >= 4 is 0 Å². The second-order valence-electron chi connectivity index (χ2n) is 4.06. The minimum Gasteiger partial charge on any atom is -0.393 e. The molecule has 72 valence electrons. The van der Waals surface area contributed by atoms with Gasteiger partial charge in [-0.05, 0) is 39.3 Å². The molecular weight excluding hydrogens is 152 g/mol. The van der Waals surface area contributed by atoms with Crippen molar-refractivity contribution in [1.29, 1.82) is 0 Å². The van der Waals surface area contributed by atoms with Crippen LogP contribution in [0.25, 0.3) is 0 Å². The van der Waals surface area contributed by atoms with E-state index in [-0.39, 0.29) is 12.1 Å². The normalized spacial score (nSPS) is 35.0. The molecular formula is C9H20N2O. The van der Waals surface area contributed by atoms with Crippen LogP contribution in [0.4, 0.5) is 0 Å². The molecule has 3 nitrogen and oxygen atoms in total. The molecule has 0 aromatic carbocycles. The highest BCUT2D eigenvalue weighted by atomic mass is 16.3. The Morgan fingerprint density at radius 3 is 2.83 bits per heavy atom. The van der Waals surface area contributed by atoms with Gasteiger partial charge in [-0.1, -0.05) is 0 Å². The smallest absolute Gasteiger partial charge is 0.0515 e. The van der Waals surface area contributed by atoms with E-state index in [1.54, 1.807) is 0 Å². The standard InChI is InChI=1S/C9H20N2O/c1-7(12)5-8-3-4-11(2)6-9(8)10/h7-9,12H,3-6,10H2,1-2H3. The molecule has 0 aromatic rings. The molecule has 1 aliphatic heterocycles. The Balaban J connectivity index is 2.34. The van der Waals surface area contributed by atoms with Crippen LogP contribution in [-0.2, 0) is 0 Å². The summed E-state index contributed by atoms with van der Waals surface area (Å²) < 4.78 is 0. The predicted molar refractivity (Wildman–Crippen MR) is 49.9 cm³/mol. The number of nitrogens with two attached hydrogens (primary N) is 1. The molecule has 1 heterocycles. The van der Waals surface area contributed by atoms with Crippen molar-refractivity contribution in [2.24, 2.45) is 11.7 Å². The zero-order valence-electron chi connectivity index (χ0n) is 8.03. The Morgan fingerprint density at radius 1 is 1.67 bits per heavy atom. The third kappa shape index (κ3) is 2.73. The van der Waals surface area contributed by atoms with Gasteiger partial charge in [0.25, 0.3) is 0 Å². The first kappa shape index (κ1) is 9.96. The fourth-order valence-corrected chi connectivity index (χ4v) is 1.93. The highest BCUT2D eigenvalue weighted by Crippen LogP contribution is 2.20. The first-order valence-corrected chi connectivity index (χ1v) is 4.71. The molecule has 0 aromatic heterocycles. The van der Waals surface area contributed by atoms with Gasteiger partial charge in [0.1, 0.15) is 0 Å². The highest BCUT2D eigenvalue weighted by molar-refractivity contribution is 4.82. The predicted octanol–water partition coefficient (Wildman–Crippen LogP) is 0.0363. The van der Waals surface area contributed by atoms with Gasteiger partial charge < -0.3 is 15.7 Å². The molecule has 3 heteroatoms. The summed E-state index contributed by atoms with van der Waals surface area (Å²) >= 11 is 0. The number of likely N-dealkylation sites (N-methyl/N-ethyl adjacent to an activating group) is 1. The van der Waals surface area contributed by atoms with Crippen LogP contribution in [0.1, 0.15) is 19.8 Å². The molecule has 1 rings (SSSR count). The number of hydrogen-bond donors (Lipinski definition) is 2. The van der Waals surface area contributed by atoms with Crippen LogP contribution in [0.2, 0.25) is 0 Å². The van der Waals surface area contributed by atoms with Crippen LogP contribution in [-0.4, -0.2) is 42.3 Å². The monoisotopic (exact) mass is 172 g/mol. The summed E-state index contributed by atoms with van der Waals surface area (Å²) in [6.45, 7) is 3.92. The maximum absolute atomic E-state index is 9.22. The molecule has 0 amide bonds. The van der Waals surface area contributed by atoms with Crippen LogP contribution < -0.4 is 5.73 Å². The Kier molecular flexibility index (Phi) is 3.50. The fourth-order valence-electron chi connectivity index (χ4n) is 1.93. The van der Waals surface area contributed by atoms with Crippen molar-refractivity contribution in [1.82, 2.24) is 4.90 Å². The first-order valence-electron chi connectivity index (χ1n) is 4.71. The maximum Gasteiger partial charge on any atom is 0.0515 e. The van der Waals surface area contributed by atoms with Crippen molar-refractivity contribution in [3.8, 4) is 0 Å². The van der Waals surface area contributed by atoms with E-state index in [2.05, 4.69) is 11.9 Å². The zero-order valence-corrected chi connectivity index (χ0v) is 8.03. The lowest BCUT2D eigenvalue weighted by Gasteiger charge is -2.35. The van der Waals surface area contributed by atoms with Crippen LogP contribution in [0.5, 0.6) is 0 Å². The summed E-state index contributed by atoms with van der Waals surface area (Å²) in [4.78, 5) is 2.25. The average molecular weight is 172 g/mol. The molecule has 3 unspecified atom stereocenters. The lowest BCUT2D eigenvalue weighted by molar-refractivity contribution is 0.115. The fraction of sp³-hybridized carbons (Fsp3) is 1.00. The number of nitrogens with zero attached hydrogens (tertiary/aromatic N) is 1. The van der Waals surface area contributed by atoms with Gasteiger partial charge in [-0.3, -0.25) is 0 Å². The lowest BCUT2D eigenvalue weighted by atomic mass is 9.88. The minimum absolute atomic E-state index is 0.204. The first-order chi connectivity index (χ1) is 5.59. The number of hydrogen-bond acceptors (Lipinski definition) is 3. The SMILES string of the molecule is CC(O)CC1CCN(C)CC1N. The van der Waals surface area contributed by atoms with Gasteiger partial charge in [0.15, 0.2) is 0 Å². The van der Waals surface area contributed by atoms with E-state index in [0.717, 1.165) is 25.9 Å². The molecule has 3 N–H and O–H groups in total. The van der Waals surface area contributed by atoms with E-state index in [9.17, 15) is 5.11 Å². The Labute approximate surface area is 74.5 Å². The van der Waals surface area contributed by atoms with Crippen LogP contribution in [0, 0.1) is 5.92 Å². The van der Waals surface area contributed by atoms with E-state index >= 15 is 0 Å². The second-order valence-corrected chi connectivity index (χ2v) is 4.06. The van der Waals surface area contributed by atoms with Gasteiger partial charge in [0.2, 0.25) is 0 Å². The zero-order chi connectivity index (χ0) is 9.14. The van der Waals surface area contributed by atoms with Gasteiger partial charge >= 0.3 is 0 Å². The summed E-state index contributed by atoms with van der Waals surface area (Å²) in [6.07, 6.45) is 1.78. The van der Waals surface area contributed by atoms with E-state index in [0.29, 0.717) is 5.92 Å². The van der Waals surface area contributed by atoms with Crippen molar-refractivity contribution in [3.05, 3.63) is 0 Å². The molecule has 1 fully saturated rings. The number of piperidine rings is 1. The largest absolute Gasteiger partial charge is 0.393 e. The summed E-state index contributed by atoms with van der Waals surface area (Å²) in [6, 6.07) is 0.248.